The summed E-state index contributed by atoms with van der Waals surface area (Å²) in [5.74, 6) is 0.00115. The van der Waals surface area contributed by atoms with Gasteiger partial charge in [0.1, 0.15) is 5.52 Å². The minimum absolute atomic E-state index is 0.0131. The van der Waals surface area contributed by atoms with Crippen LogP contribution in [0.4, 0.5) is 0 Å². The second-order valence-electron chi connectivity index (χ2n) is 7.34. The molecular formula is C22H21N5O2. The molecule has 2 aromatic heterocycles. The zero-order valence-corrected chi connectivity index (χ0v) is 16.4. The molecule has 0 spiro atoms. The number of carbonyl (C=O) groups excluding carboxylic acids is 1. The van der Waals surface area contributed by atoms with Crippen LogP contribution in [-0.4, -0.2) is 25.4 Å². The third-order valence-electron chi connectivity index (χ3n) is 4.90. The summed E-state index contributed by atoms with van der Waals surface area (Å²) in [5.41, 5.74) is 9.30. The van der Waals surface area contributed by atoms with Crippen molar-refractivity contribution in [2.24, 2.45) is 5.73 Å². The lowest BCUT2D eigenvalue weighted by atomic mass is 10.0. The Kier molecular flexibility index (Phi) is 4.50. The molecule has 0 saturated carbocycles. The minimum Gasteiger partial charge on any atom is -0.364 e. The molecule has 0 fully saturated rings. The smallest absolute Gasteiger partial charge is 0.332 e. The summed E-state index contributed by atoms with van der Waals surface area (Å²) in [6, 6.07) is 15.3. The Bertz CT molecular complexity index is 1270. The number of nitrogens with one attached hydrogen (secondary N) is 1. The van der Waals surface area contributed by atoms with Crippen molar-refractivity contribution in [3.63, 3.8) is 0 Å². The van der Waals surface area contributed by atoms with Gasteiger partial charge in [0.2, 0.25) is 0 Å². The van der Waals surface area contributed by atoms with Crippen LogP contribution in [0.3, 0.4) is 0 Å². The van der Waals surface area contributed by atoms with Crippen molar-refractivity contribution in [3.05, 3.63) is 75.8 Å². The highest BCUT2D eigenvalue weighted by atomic mass is 16.2. The van der Waals surface area contributed by atoms with Crippen LogP contribution in [-0.2, 0) is 0 Å². The molecular weight excluding hydrogens is 366 g/mol. The Hall–Kier alpha value is -3.74. The first-order valence-electron chi connectivity index (χ1n) is 9.35. The van der Waals surface area contributed by atoms with E-state index < -0.39 is 11.6 Å². The van der Waals surface area contributed by atoms with Gasteiger partial charge >= 0.3 is 5.69 Å². The van der Waals surface area contributed by atoms with Crippen LogP contribution in [0.15, 0.2) is 53.3 Å². The maximum Gasteiger partial charge on any atom is 0.332 e. The lowest BCUT2D eigenvalue weighted by molar-refractivity contribution is 0.0997. The SMILES string of the molecule is Cc1ccc(-n2c(=O)[nH]c3c(C(N)=O)nc(-c4ccc(C(C)C)cc4)nc32)cc1. The van der Waals surface area contributed by atoms with Crippen molar-refractivity contribution in [2.45, 2.75) is 26.7 Å². The largest absolute Gasteiger partial charge is 0.364 e. The van der Waals surface area contributed by atoms with E-state index in [-0.39, 0.29) is 11.2 Å². The van der Waals surface area contributed by atoms with E-state index in [0.717, 1.165) is 11.1 Å². The van der Waals surface area contributed by atoms with Crippen LogP contribution in [0.5, 0.6) is 0 Å². The summed E-state index contributed by atoms with van der Waals surface area (Å²) in [6.07, 6.45) is 0. The molecule has 3 N–H and O–H groups in total. The van der Waals surface area contributed by atoms with E-state index in [0.29, 0.717) is 23.1 Å². The summed E-state index contributed by atoms with van der Waals surface area (Å²) in [7, 11) is 0. The molecule has 7 heteroatoms. The first-order chi connectivity index (χ1) is 13.8. The second kappa shape index (κ2) is 7.01. The second-order valence-corrected chi connectivity index (χ2v) is 7.34. The third kappa shape index (κ3) is 3.31. The van der Waals surface area contributed by atoms with Gasteiger partial charge in [-0.3, -0.25) is 4.79 Å². The Morgan fingerprint density at radius 2 is 1.69 bits per heavy atom. The number of nitrogens with zero attached hydrogens (tertiary/aromatic N) is 3. The van der Waals surface area contributed by atoms with E-state index in [4.69, 9.17) is 5.73 Å². The molecule has 0 unspecified atom stereocenters. The van der Waals surface area contributed by atoms with Crippen molar-refractivity contribution in [1.29, 1.82) is 0 Å². The molecule has 0 saturated heterocycles. The van der Waals surface area contributed by atoms with Gasteiger partial charge in [0, 0.05) is 5.56 Å². The molecule has 0 bridgehead atoms. The number of hydrogen-bond acceptors (Lipinski definition) is 4. The molecule has 4 rings (SSSR count). The molecule has 7 nitrogen and oxygen atoms in total. The van der Waals surface area contributed by atoms with Gasteiger partial charge in [0.25, 0.3) is 5.91 Å². The normalized spacial score (nSPS) is 11.3. The molecule has 2 heterocycles. The number of hydrogen-bond donors (Lipinski definition) is 2. The topological polar surface area (TPSA) is 107 Å². The number of benzene rings is 2. The van der Waals surface area contributed by atoms with Crippen LogP contribution in [0.2, 0.25) is 0 Å². The maximum absolute atomic E-state index is 12.7. The predicted octanol–water partition coefficient (Wildman–Crippen LogP) is 3.31. The van der Waals surface area contributed by atoms with Gasteiger partial charge in [0.15, 0.2) is 17.2 Å². The van der Waals surface area contributed by atoms with Gasteiger partial charge in [-0.05, 0) is 30.5 Å². The highest BCUT2D eigenvalue weighted by molar-refractivity contribution is 6.02. The molecule has 2 aromatic carbocycles. The zero-order chi connectivity index (χ0) is 20.7. The Morgan fingerprint density at radius 3 is 2.28 bits per heavy atom. The summed E-state index contributed by atoms with van der Waals surface area (Å²) < 4.78 is 1.43. The Morgan fingerprint density at radius 1 is 1.03 bits per heavy atom. The molecule has 0 aliphatic carbocycles. The van der Waals surface area contributed by atoms with Gasteiger partial charge in [0.05, 0.1) is 5.69 Å². The number of primary amides is 1. The summed E-state index contributed by atoms with van der Waals surface area (Å²) >= 11 is 0. The van der Waals surface area contributed by atoms with Gasteiger partial charge in [-0.15, -0.1) is 0 Å². The predicted molar refractivity (Wildman–Crippen MR) is 112 cm³/mol. The van der Waals surface area contributed by atoms with Crippen molar-refractivity contribution in [3.8, 4) is 17.1 Å². The quantitative estimate of drug-likeness (QED) is 0.560. The maximum atomic E-state index is 12.7. The van der Waals surface area contributed by atoms with Gasteiger partial charge < -0.3 is 10.7 Å². The van der Waals surface area contributed by atoms with Crippen molar-refractivity contribution < 1.29 is 4.79 Å². The summed E-state index contributed by atoms with van der Waals surface area (Å²) in [4.78, 5) is 36.3. The first-order valence-corrected chi connectivity index (χ1v) is 9.35. The van der Waals surface area contributed by atoms with Crippen molar-refractivity contribution >= 4 is 17.1 Å². The summed E-state index contributed by atoms with van der Waals surface area (Å²) in [6.45, 7) is 6.19. The van der Waals surface area contributed by atoms with E-state index >= 15 is 0 Å². The van der Waals surface area contributed by atoms with E-state index in [9.17, 15) is 9.59 Å². The standard InChI is InChI=1S/C22H21N5O2/c1-12(2)14-6-8-15(9-7-14)20-24-17(19(23)28)18-21(26-20)27(22(29)25-18)16-10-4-13(3)5-11-16/h4-12H,1-3H3,(H2,23,28)(H,25,29). The number of rotatable bonds is 4. The summed E-state index contributed by atoms with van der Waals surface area (Å²) in [5, 5.41) is 0. The number of nitrogens with two attached hydrogens (primary N) is 1. The van der Waals surface area contributed by atoms with Gasteiger partial charge in [-0.2, -0.15) is 0 Å². The highest BCUT2D eigenvalue weighted by Gasteiger charge is 2.20. The number of aromatic nitrogens is 4. The number of H-pyrrole nitrogens is 1. The highest BCUT2D eigenvalue weighted by Crippen LogP contribution is 2.24. The fourth-order valence-electron chi connectivity index (χ4n) is 3.24. The van der Waals surface area contributed by atoms with Crippen LogP contribution >= 0.6 is 0 Å². The number of aryl methyl sites for hydroxylation is 1. The molecule has 0 radical (unpaired) electrons. The Balaban J connectivity index is 1.97. The van der Waals surface area contributed by atoms with Crippen molar-refractivity contribution in [2.75, 3.05) is 0 Å². The van der Waals surface area contributed by atoms with Crippen LogP contribution in [0, 0.1) is 6.92 Å². The molecule has 0 aliphatic rings. The lowest BCUT2D eigenvalue weighted by Gasteiger charge is -2.08. The number of fused-ring (bicyclic) bond motifs is 1. The Labute approximate surface area is 167 Å². The number of carbonyl (C=O) groups is 1. The minimum atomic E-state index is -0.727. The number of amides is 1. The first kappa shape index (κ1) is 18.6. The molecule has 4 aromatic rings. The fourth-order valence-corrected chi connectivity index (χ4v) is 3.24. The van der Waals surface area contributed by atoms with Crippen LogP contribution < -0.4 is 11.4 Å². The monoisotopic (exact) mass is 387 g/mol. The lowest BCUT2D eigenvalue weighted by Crippen LogP contribution is -2.15. The van der Waals surface area contributed by atoms with Gasteiger partial charge in [-0.1, -0.05) is 55.8 Å². The van der Waals surface area contributed by atoms with Crippen LogP contribution in [0.25, 0.3) is 28.2 Å². The van der Waals surface area contributed by atoms with E-state index in [1.807, 2.05) is 55.5 Å². The molecule has 146 valence electrons. The molecule has 0 atom stereocenters. The zero-order valence-electron chi connectivity index (χ0n) is 16.4. The van der Waals surface area contributed by atoms with E-state index in [1.54, 1.807) is 0 Å². The van der Waals surface area contributed by atoms with Crippen molar-refractivity contribution in [1.82, 2.24) is 19.5 Å². The number of imidazole rings is 1. The molecule has 0 aliphatic heterocycles. The molecule has 29 heavy (non-hydrogen) atoms. The average molecular weight is 387 g/mol. The molecule has 1 amide bonds. The van der Waals surface area contributed by atoms with E-state index in [2.05, 4.69) is 28.8 Å². The fraction of sp³-hybridized carbons (Fsp3) is 0.182. The number of aromatic amines is 1. The van der Waals surface area contributed by atoms with Gasteiger partial charge in [-0.25, -0.2) is 19.3 Å². The average Bonchev–Trinajstić information content (AvgIpc) is 3.03. The van der Waals surface area contributed by atoms with E-state index in [1.165, 1.54) is 10.1 Å². The van der Waals surface area contributed by atoms with Crippen LogP contribution in [0.1, 0.15) is 41.4 Å². The third-order valence-corrected chi connectivity index (χ3v) is 4.90.